The molecule has 1 aromatic rings. The van der Waals surface area contributed by atoms with Crippen LogP contribution in [0.4, 0.5) is 5.82 Å². The molecule has 1 aromatic heterocycles. The van der Waals surface area contributed by atoms with E-state index in [0.717, 1.165) is 37.7 Å². The number of anilines is 1. The Hall–Kier alpha value is -1.27. The Kier molecular flexibility index (Phi) is 3.31. The molecule has 0 atom stereocenters. The Bertz CT molecular complexity index is 417. The van der Waals surface area contributed by atoms with Gasteiger partial charge in [-0.15, -0.1) is 0 Å². The number of pyridine rings is 1. The number of rotatable bonds is 1. The van der Waals surface area contributed by atoms with Crippen molar-refractivity contribution in [3.05, 3.63) is 22.8 Å². The third-order valence-electron chi connectivity index (χ3n) is 3.03. The molecule has 0 bridgehead atoms. The molecule has 2 heterocycles. The van der Waals surface area contributed by atoms with Gasteiger partial charge in [0, 0.05) is 13.1 Å². The normalized spacial score (nSPS) is 17.2. The molecule has 4 heteroatoms. The van der Waals surface area contributed by atoms with Gasteiger partial charge in [0.2, 0.25) is 0 Å². The molecule has 0 spiro atoms. The lowest BCUT2D eigenvalue weighted by Gasteiger charge is -2.31. The molecule has 0 amide bonds. The third-order valence-corrected chi connectivity index (χ3v) is 3.32. The van der Waals surface area contributed by atoms with Crippen LogP contribution in [0.2, 0.25) is 5.02 Å². The first kappa shape index (κ1) is 11.2. The van der Waals surface area contributed by atoms with E-state index in [1.165, 1.54) is 0 Å². The Morgan fingerprint density at radius 2 is 2.12 bits per heavy atom. The predicted molar refractivity (Wildman–Crippen MR) is 64.6 cm³/mol. The Balaban J connectivity index is 2.23. The van der Waals surface area contributed by atoms with Crippen molar-refractivity contribution >= 4 is 17.4 Å². The van der Waals surface area contributed by atoms with E-state index in [9.17, 15) is 0 Å². The number of aromatic nitrogens is 1. The van der Waals surface area contributed by atoms with E-state index in [1.54, 1.807) is 12.1 Å². The van der Waals surface area contributed by atoms with Crippen LogP contribution in [0.1, 0.15) is 25.5 Å². The minimum atomic E-state index is 0.429. The molecule has 1 saturated heterocycles. The van der Waals surface area contributed by atoms with E-state index < -0.39 is 0 Å². The fraction of sp³-hybridized carbons (Fsp3) is 0.500. The summed E-state index contributed by atoms with van der Waals surface area (Å²) in [5.74, 6) is 1.53. The van der Waals surface area contributed by atoms with Crippen LogP contribution in [0.5, 0.6) is 0 Å². The topological polar surface area (TPSA) is 39.9 Å². The molecule has 84 valence electrons. The molecule has 0 radical (unpaired) electrons. The van der Waals surface area contributed by atoms with Crippen LogP contribution in [0.25, 0.3) is 0 Å². The second-order valence-electron chi connectivity index (χ2n) is 4.28. The van der Waals surface area contributed by atoms with E-state index in [2.05, 4.69) is 16.8 Å². The summed E-state index contributed by atoms with van der Waals surface area (Å²) >= 11 is 6.11. The highest BCUT2D eigenvalue weighted by atomic mass is 35.5. The summed E-state index contributed by atoms with van der Waals surface area (Å²) in [6.07, 6.45) is 2.32. The Labute approximate surface area is 101 Å². The minimum Gasteiger partial charge on any atom is -0.355 e. The Morgan fingerprint density at radius 3 is 2.75 bits per heavy atom. The van der Waals surface area contributed by atoms with Crippen LogP contribution in [0.15, 0.2) is 12.1 Å². The summed E-state index contributed by atoms with van der Waals surface area (Å²) < 4.78 is 0. The van der Waals surface area contributed by atoms with Crippen molar-refractivity contribution in [2.75, 3.05) is 18.0 Å². The van der Waals surface area contributed by atoms with Crippen LogP contribution in [-0.2, 0) is 0 Å². The molecule has 1 fully saturated rings. The second kappa shape index (κ2) is 4.71. The monoisotopic (exact) mass is 235 g/mol. The molecular weight excluding hydrogens is 222 g/mol. The van der Waals surface area contributed by atoms with E-state index in [0.29, 0.717) is 10.7 Å². The number of piperidine rings is 1. The van der Waals surface area contributed by atoms with Gasteiger partial charge >= 0.3 is 0 Å². The number of hydrogen-bond acceptors (Lipinski definition) is 3. The predicted octanol–water partition coefficient (Wildman–Crippen LogP) is 2.84. The molecule has 0 unspecified atom stereocenters. The van der Waals surface area contributed by atoms with Gasteiger partial charge in [-0.1, -0.05) is 18.5 Å². The van der Waals surface area contributed by atoms with Gasteiger partial charge < -0.3 is 4.90 Å². The molecule has 1 aliphatic rings. The molecule has 2 rings (SSSR count). The number of nitrogens with zero attached hydrogens (tertiary/aromatic N) is 3. The maximum absolute atomic E-state index is 8.82. The van der Waals surface area contributed by atoms with Crippen molar-refractivity contribution in [1.82, 2.24) is 4.98 Å². The lowest BCUT2D eigenvalue weighted by atomic mass is 9.99. The van der Waals surface area contributed by atoms with E-state index in [-0.39, 0.29) is 0 Å². The molecule has 3 nitrogen and oxygen atoms in total. The van der Waals surface area contributed by atoms with Gasteiger partial charge in [0.1, 0.15) is 17.6 Å². The van der Waals surface area contributed by atoms with Gasteiger partial charge in [-0.2, -0.15) is 5.26 Å². The lowest BCUT2D eigenvalue weighted by molar-refractivity contribution is 0.436. The van der Waals surface area contributed by atoms with Crippen molar-refractivity contribution in [3.8, 4) is 6.07 Å². The molecule has 0 aromatic carbocycles. The zero-order valence-electron chi connectivity index (χ0n) is 9.28. The first-order valence-electron chi connectivity index (χ1n) is 5.52. The largest absolute Gasteiger partial charge is 0.355 e. The first-order chi connectivity index (χ1) is 7.70. The van der Waals surface area contributed by atoms with Gasteiger partial charge in [-0.05, 0) is 30.9 Å². The number of halogens is 1. The van der Waals surface area contributed by atoms with Crippen LogP contribution < -0.4 is 4.90 Å². The van der Waals surface area contributed by atoms with Crippen LogP contribution in [0, 0.1) is 17.2 Å². The summed E-state index contributed by atoms with van der Waals surface area (Å²) in [7, 11) is 0. The molecule has 16 heavy (non-hydrogen) atoms. The average molecular weight is 236 g/mol. The van der Waals surface area contributed by atoms with Gasteiger partial charge in [0.15, 0.2) is 0 Å². The lowest BCUT2D eigenvalue weighted by Crippen LogP contribution is -2.33. The minimum absolute atomic E-state index is 0.429. The summed E-state index contributed by atoms with van der Waals surface area (Å²) in [6, 6.07) is 5.45. The first-order valence-corrected chi connectivity index (χ1v) is 5.90. The number of nitriles is 1. The van der Waals surface area contributed by atoms with E-state index in [4.69, 9.17) is 16.9 Å². The quantitative estimate of drug-likeness (QED) is 0.752. The van der Waals surface area contributed by atoms with Gasteiger partial charge in [0.25, 0.3) is 0 Å². The van der Waals surface area contributed by atoms with Crippen molar-refractivity contribution in [3.63, 3.8) is 0 Å². The maximum Gasteiger partial charge on any atom is 0.148 e. The zero-order chi connectivity index (χ0) is 11.5. The summed E-state index contributed by atoms with van der Waals surface area (Å²) in [4.78, 5) is 6.44. The average Bonchev–Trinajstić information content (AvgIpc) is 2.31. The van der Waals surface area contributed by atoms with Crippen molar-refractivity contribution in [1.29, 1.82) is 5.26 Å². The van der Waals surface area contributed by atoms with E-state index >= 15 is 0 Å². The van der Waals surface area contributed by atoms with Gasteiger partial charge in [0.05, 0.1) is 5.02 Å². The highest BCUT2D eigenvalue weighted by Crippen LogP contribution is 2.27. The fourth-order valence-corrected chi connectivity index (χ4v) is 2.16. The van der Waals surface area contributed by atoms with Gasteiger partial charge in [-0.25, -0.2) is 4.98 Å². The van der Waals surface area contributed by atoms with Crippen molar-refractivity contribution in [2.45, 2.75) is 19.8 Å². The molecule has 0 aliphatic carbocycles. The smallest absolute Gasteiger partial charge is 0.148 e. The molecule has 0 saturated carbocycles. The highest BCUT2D eigenvalue weighted by molar-refractivity contribution is 6.32. The van der Waals surface area contributed by atoms with Crippen LogP contribution in [0.3, 0.4) is 0 Å². The third kappa shape index (κ3) is 2.28. The van der Waals surface area contributed by atoms with Crippen LogP contribution >= 0.6 is 11.6 Å². The summed E-state index contributed by atoms with van der Waals surface area (Å²) in [6.45, 7) is 4.21. The zero-order valence-corrected chi connectivity index (χ0v) is 10.0. The summed E-state index contributed by atoms with van der Waals surface area (Å²) in [5, 5.41) is 9.45. The van der Waals surface area contributed by atoms with Crippen molar-refractivity contribution in [2.24, 2.45) is 5.92 Å². The van der Waals surface area contributed by atoms with Crippen LogP contribution in [-0.4, -0.2) is 18.1 Å². The SMILES string of the molecule is CC1CCN(c2nc(C#N)ccc2Cl)CC1. The summed E-state index contributed by atoms with van der Waals surface area (Å²) in [5.41, 5.74) is 0.429. The molecule has 0 N–H and O–H groups in total. The fourth-order valence-electron chi connectivity index (χ4n) is 1.94. The van der Waals surface area contributed by atoms with E-state index in [1.807, 2.05) is 6.07 Å². The molecular formula is C12H14ClN3. The van der Waals surface area contributed by atoms with Crippen molar-refractivity contribution < 1.29 is 0 Å². The highest BCUT2D eigenvalue weighted by Gasteiger charge is 2.19. The number of hydrogen-bond donors (Lipinski definition) is 0. The second-order valence-corrected chi connectivity index (χ2v) is 4.69. The molecule has 1 aliphatic heterocycles. The Morgan fingerprint density at radius 1 is 1.44 bits per heavy atom. The van der Waals surface area contributed by atoms with Gasteiger partial charge in [-0.3, -0.25) is 0 Å². The maximum atomic E-state index is 8.82. The standard InChI is InChI=1S/C12H14ClN3/c1-9-4-6-16(7-5-9)12-11(13)3-2-10(8-14)15-12/h2-3,9H,4-7H2,1H3.